The SMILES string of the molecule is Cc1ccc(NS(=O)(=O)c2ccc(C)c(C(=O)NCCCCc3nc(C)cs3)c2)cc1. The number of hydrogen-bond acceptors (Lipinski definition) is 5. The van der Waals surface area contributed by atoms with E-state index in [-0.39, 0.29) is 10.8 Å². The van der Waals surface area contributed by atoms with Crippen molar-refractivity contribution in [3.63, 3.8) is 0 Å². The van der Waals surface area contributed by atoms with E-state index in [1.165, 1.54) is 12.1 Å². The van der Waals surface area contributed by atoms with E-state index in [4.69, 9.17) is 0 Å². The van der Waals surface area contributed by atoms with Gasteiger partial charge in [-0.1, -0.05) is 23.8 Å². The van der Waals surface area contributed by atoms with E-state index in [1.54, 1.807) is 36.5 Å². The molecular weight excluding hydrogens is 430 g/mol. The minimum absolute atomic E-state index is 0.0583. The highest BCUT2D eigenvalue weighted by Gasteiger charge is 2.18. The van der Waals surface area contributed by atoms with Crippen LogP contribution in [-0.4, -0.2) is 25.9 Å². The smallest absolute Gasteiger partial charge is 0.261 e. The van der Waals surface area contributed by atoms with Crippen molar-refractivity contribution in [3.05, 3.63) is 75.2 Å². The van der Waals surface area contributed by atoms with Gasteiger partial charge in [-0.25, -0.2) is 13.4 Å². The summed E-state index contributed by atoms with van der Waals surface area (Å²) >= 11 is 1.66. The number of sulfonamides is 1. The lowest BCUT2D eigenvalue weighted by atomic mass is 10.1. The van der Waals surface area contributed by atoms with Crippen molar-refractivity contribution in [1.82, 2.24) is 10.3 Å². The van der Waals surface area contributed by atoms with Crippen molar-refractivity contribution in [2.75, 3.05) is 11.3 Å². The molecule has 6 nitrogen and oxygen atoms in total. The van der Waals surface area contributed by atoms with Gasteiger partial charge in [-0.3, -0.25) is 9.52 Å². The predicted molar refractivity (Wildman–Crippen MR) is 125 cm³/mol. The highest BCUT2D eigenvalue weighted by Crippen LogP contribution is 2.20. The Balaban J connectivity index is 1.60. The molecule has 8 heteroatoms. The van der Waals surface area contributed by atoms with E-state index in [0.717, 1.165) is 41.1 Å². The molecule has 0 atom stereocenters. The molecule has 31 heavy (non-hydrogen) atoms. The summed E-state index contributed by atoms with van der Waals surface area (Å²) in [5.74, 6) is -0.269. The number of rotatable bonds is 9. The van der Waals surface area contributed by atoms with Gasteiger partial charge in [0.05, 0.1) is 9.90 Å². The molecule has 3 rings (SSSR count). The average molecular weight is 458 g/mol. The van der Waals surface area contributed by atoms with Crippen molar-refractivity contribution >= 4 is 33.0 Å². The minimum Gasteiger partial charge on any atom is -0.352 e. The number of hydrogen-bond donors (Lipinski definition) is 2. The molecule has 0 aliphatic heterocycles. The average Bonchev–Trinajstić information content (AvgIpc) is 3.14. The lowest BCUT2D eigenvalue weighted by Gasteiger charge is -2.12. The maximum absolute atomic E-state index is 12.8. The number of nitrogens with one attached hydrogen (secondary N) is 2. The Labute approximate surface area is 187 Å². The molecule has 0 spiro atoms. The first-order chi connectivity index (χ1) is 14.7. The molecule has 1 amide bonds. The zero-order valence-electron chi connectivity index (χ0n) is 17.9. The fourth-order valence-corrected chi connectivity index (χ4v) is 4.97. The molecule has 0 saturated heterocycles. The molecule has 0 saturated carbocycles. The minimum atomic E-state index is -3.79. The van der Waals surface area contributed by atoms with Crippen LogP contribution in [0, 0.1) is 20.8 Å². The van der Waals surface area contributed by atoms with Crippen LogP contribution in [0.5, 0.6) is 0 Å². The maximum atomic E-state index is 12.8. The summed E-state index contributed by atoms with van der Waals surface area (Å²) in [6.07, 6.45) is 2.66. The van der Waals surface area contributed by atoms with Gasteiger partial charge in [-0.05, 0) is 69.9 Å². The number of amides is 1. The number of carbonyl (C=O) groups excluding carboxylic acids is 1. The van der Waals surface area contributed by atoms with Crippen LogP contribution in [0.1, 0.15) is 45.0 Å². The third kappa shape index (κ3) is 6.38. The van der Waals surface area contributed by atoms with Gasteiger partial charge in [-0.2, -0.15) is 0 Å². The second-order valence-corrected chi connectivity index (χ2v) is 10.2. The summed E-state index contributed by atoms with van der Waals surface area (Å²) in [6, 6.07) is 11.7. The van der Waals surface area contributed by atoms with Crippen LogP contribution in [0.3, 0.4) is 0 Å². The van der Waals surface area contributed by atoms with Gasteiger partial charge in [0.25, 0.3) is 15.9 Å². The molecule has 2 N–H and O–H groups in total. The molecular formula is C23H27N3O3S2. The van der Waals surface area contributed by atoms with Crippen LogP contribution in [0.15, 0.2) is 52.7 Å². The number of aromatic nitrogens is 1. The van der Waals surface area contributed by atoms with Gasteiger partial charge < -0.3 is 5.32 Å². The Morgan fingerprint density at radius 1 is 1.03 bits per heavy atom. The highest BCUT2D eigenvalue weighted by molar-refractivity contribution is 7.92. The number of aryl methyl sites for hydroxylation is 4. The highest BCUT2D eigenvalue weighted by atomic mass is 32.2. The van der Waals surface area contributed by atoms with Crippen LogP contribution in [0.25, 0.3) is 0 Å². The molecule has 0 aliphatic carbocycles. The van der Waals surface area contributed by atoms with E-state index >= 15 is 0 Å². The van der Waals surface area contributed by atoms with Gasteiger partial charge in [0.15, 0.2) is 0 Å². The predicted octanol–water partition coefficient (Wildman–Crippen LogP) is 4.62. The Morgan fingerprint density at radius 2 is 1.77 bits per heavy atom. The summed E-state index contributed by atoms with van der Waals surface area (Å²) < 4.78 is 28.1. The number of carbonyl (C=O) groups is 1. The lowest BCUT2D eigenvalue weighted by Crippen LogP contribution is -2.25. The van der Waals surface area contributed by atoms with Crippen LogP contribution in [0.4, 0.5) is 5.69 Å². The topological polar surface area (TPSA) is 88.2 Å². The number of unbranched alkanes of at least 4 members (excludes halogenated alkanes) is 1. The zero-order chi connectivity index (χ0) is 22.4. The van der Waals surface area contributed by atoms with Gasteiger partial charge in [0.1, 0.15) is 0 Å². The van der Waals surface area contributed by atoms with E-state index in [9.17, 15) is 13.2 Å². The summed E-state index contributed by atoms with van der Waals surface area (Å²) in [7, 11) is -3.79. The summed E-state index contributed by atoms with van der Waals surface area (Å²) in [5, 5.41) is 6.04. The number of thiazole rings is 1. The second kappa shape index (κ2) is 10.1. The van der Waals surface area contributed by atoms with E-state index in [2.05, 4.69) is 15.0 Å². The van der Waals surface area contributed by atoms with Gasteiger partial charge in [0.2, 0.25) is 0 Å². The molecule has 0 radical (unpaired) electrons. The number of benzene rings is 2. The number of anilines is 1. The van der Waals surface area contributed by atoms with Gasteiger partial charge in [-0.15, -0.1) is 11.3 Å². The summed E-state index contributed by atoms with van der Waals surface area (Å²) in [6.45, 7) is 6.24. The van der Waals surface area contributed by atoms with Crippen LogP contribution in [0.2, 0.25) is 0 Å². The summed E-state index contributed by atoms with van der Waals surface area (Å²) in [5.41, 5.74) is 3.65. The molecule has 0 aliphatic rings. The van der Waals surface area contributed by atoms with Crippen molar-refractivity contribution in [1.29, 1.82) is 0 Å². The molecule has 0 unspecified atom stereocenters. The standard InChI is InChI=1S/C23H27N3O3S2/c1-16-7-10-19(11-8-16)26-31(28,29)20-12-9-17(2)21(14-20)23(27)24-13-5-4-6-22-25-18(3)15-30-22/h7-12,14-15,26H,4-6,13H2,1-3H3,(H,24,27). The lowest BCUT2D eigenvalue weighted by molar-refractivity contribution is 0.0952. The molecule has 1 aromatic heterocycles. The largest absolute Gasteiger partial charge is 0.352 e. The molecule has 0 fully saturated rings. The van der Waals surface area contributed by atoms with Crippen molar-refractivity contribution < 1.29 is 13.2 Å². The zero-order valence-corrected chi connectivity index (χ0v) is 19.6. The van der Waals surface area contributed by atoms with Gasteiger partial charge >= 0.3 is 0 Å². The van der Waals surface area contributed by atoms with Crippen molar-refractivity contribution in [2.45, 2.75) is 44.9 Å². The fourth-order valence-electron chi connectivity index (χ4n) is 3.06. The van der Waals surface area contributed by atoms with Gasteiger partial charge in [0, 0.05) is 28.9 Å². The molecule has 2 aromatic carbocycles. The number of nitrogens with zero attached hydrogens (tertiary/aromatic N) is 1. The third-order valence-corrected chi connectivity index (χ3v) is 7.24. The maximum Gasteiger partial charge on any atom is 0.261 e. The van der Waals surface area contributed by atoms with Crippen LogP contribution < -0.4 is 10.0 Å². The van der Waals surface area contributed by atoms with E-state index in [1.807, 2.05) is 31.4 Å². The fraction of sp³-hybridized carbons (Fsp3) is 0.304. The second-order valence-electron chi connectivity index (χ2n) is 7.54. The quantitative estimate of drug-likeness (QED) is 0.459. The Hall–Kier alpha value is -2.71. The first kappa shape index (κ1) is 23.0. The molecule has 3 aromatic rings. The van der Waals surface area contributed by atoms with E-state index in [0.29, 0.717) is 17.8 Å². The van der Waals surface area contributed by atoms with Crippen molar-refractivity contribution in [3.8, 4) is 0 Å². The van der Waals surface area contributed by atoms with Crippen molar-refractivity contribution in [2.24, 2.45) is 0 Å². The molecule has 1 heterocycles. The monoisotopic (exact) mass is 457 g/mol. The Morgan fingerprint density at radius 3 is 2.45 bits per heavy atom. The first-order valence-electron chi connectivity index (χ1n) is 10.1. The van der Waals surface area contributed by atoms with Crippen LogP contribution in [-0.2, 0) is 16.4 Å². The third-order valence-electron chi connectivity index (χ3n) is 4.84. The Kier molecular flexibility index (Phi) is 7.46. The van der Waals surface area contributed by atoms with E-state index < -0.39 is 10.0 Å². The Bertz CT molecular complexity index is 1150. The molecule has 164 valence electrons. The normalized spacial score (nSPS) is 11.3. The van der Waals surface area contributed by atoms with Crippen LogP contribution >= 0.6 is 11.3 Å². The molecule has 0 bridgehead atoms. The summed E-state index contributed by atoms with van der Waals surface area (Å²) in [4.78, 5) is 17.1. The first-order valence-corrected chi connectivity index (χ1v) is 12.5.